The fourth-order valence-electron chi connectivity index (χ4n) is 2.82. The van der Waals surface area contributed by atoms with Crippen molar-refractivity contribution in [1.82, 2.24) is 10.2 Å². The molecule has 0 radical (unpaired) electrons. The lowest BCUT2D eigenvalue weighted by molar-refractivity contribution is -0.139. The minimum absolute atomic E-state index is 0.126. The number of rotatable bonds is 8. The van der Waals surface area contributed by atoms with Gasteiger partial charge < -0.3 is 10.2 Å². The van der Waals surface area contributed by atoms with Crippen LogP contribution in [0.4, 0.5) is 5.69 Å². The van der Waals surface area contributed by atoms with Gasteiger partial charge in [-0.05, 0) is 42.8 Å². The first kappa shape index (κ1) is 24.2. The van der Waals surface area contributed by atoms with E-state index in [0.29, 0.717) is 15.2 Å². The molecule has 0 fully saturated rings. The zero-order chi connectivity index (χ0) is 22.5. The van der Waals surface area contributed by atoms with Crippen LogP contribution in [-0.4, -0.2) is 51.0 Å². The van der Waals surface area contributed by atoms with Crippen LogP contribution in [0.25, 0.3) is 0 Å². The van der Waals surface area contributed by atoms with Gasteiger partial charge in [-0.25, -0.2) is 8.42 Å². The zero-order valence-electron chi connectivity index (χ0n) is 16.8. The molecule has 0 saturated carbocycles. The molecular formula is C20H23BrClN3O4S. The summed E-state index contributed by atoms with van der Waals surface area (Å²) in [5, 5.41) is 3.08. The Balaban J connectivity index is 2.36. The van der Waals surface area contributed by atoms with Gasteiger partial charge in [-0.2, -0.15) is 0 Å². The number of anilines is 1. The van der Waals surface area contributed by atoms with Crippen molar-refractivity contribution >= 4 is 55.1 Å². The predicted molar refractivity (Wildman–Crippen MR) is 122 cm³/mol. The Labute approximate surface area is 190 Å². The molecule has 0 aromatic heterocycles. The third-order valence-electron chi connectivity index (χ3n) is 4.46. The van der Waals surface area contributed by atoms with E-state index in [-0.39, 0.29) is 12.5 Å². The maximum absolute atomic E-state index is 13.2. The second kappa shape index (κ2) is 10.3. The summed E-state index contributed by atoms with van der Waals surface area (Å²) >= 11 is 9.24. The smallest absolute Gasteiger partial charge is 0.244 e. The molecule has 0 heterocycles. The molecule has 2 amide bonds. The van der Waals surface area contributed by atoms with Crippen molar-refractivity contribution in [3.63, 3.8) is 0 Å². The molecule has 10 heteroatoms. The Morgan fingerprint density at radius 2 is 1.80 bits per heavy atom. The molecular weight excluding hydrogens is 494 g/mol. The highest BCUT2D eigenvalue weighted by Gasteiger charge is 2.29. The number of carbonyl (C=O) groups excluding carboxylic acids is 2. The lowest BCUT2D eigenvalue weighted by atomic mass is 10.1. The zero-order valence-corrected chi connectivity index (χ0v) is 20.0. The van der Waals surface area contributed by atoms with Gasteiger partial charge in [0, 0.05) is 23.1 Å². The first-order chi connectivity index (χ1) is 14.0. The number of nitrogens with one attached hydrogen (secondary N) is 1. The predicted octanol–water partition coefficient (Wildman–Crippen LogP) is 3.03. The van der Waals surface area contributed by atoms with Gasteiger partial charge in [0.15, 0.2) is 0 Å². The van der Waals surface area contributed by atoms with E-state index in [1.54, 1.807) is 55.5 Å². The van der Waals surface area contributed by atoms with Crippen LogP contribution in [-0.2, 0) is 26.2 Å². The Kier molecular flexibility index (Phi) is 8.28. The van der Waals surface area contributed by atoms with Crippen LogP contribution in [0.2, 0.25) is 5.02 Å². The molecule has 1 atom stereocenters. The molecule has 0 saturated heterocycles. The van der Waals surface area contributed by atoms with Gasteiger partial charge in [0.2, 0.25) is 21.8 Å². The molecule has 7 nitrogen and oxygen atoms in total. The summed E-state index contributed by atoms with van der Waals surface area (Å²) in [6.07, 6.45) is 1.03. The monoisotopic (exact) mass is 515 g/mol. The second-order valence-electron chi connectivity index (χ2n) is 6.69. The van der Waals surface area contributed by atoms with Crippen LogP contribution in [0.3, 0.4) is 0 Å². The molecule has 0 spiro atoms. The number of nitrogens with zero attached hydrogens (tertiary/aromatic N) is 2. The van der Waals surface area contributed by atoms with Crippen molar-refractivity contribution in [2.75, 3.05) is 24.2 Å². The van der Waals surface area contributed by atoms with E-state index in [1.807, 2.05) is 0 Å². The molecule has 30 heavy (non-hydrogen) atoms. The minimum atomic E-state index is -3.75. The number of hydrogen-bond donors (Lipinski definition) is 1. The highest BCUT2D eigenvalue weighted by molar-refractivity contribution is 9.10. The maximum atomic E-state index is 13.2. The van der Waals surface area contributed by atoms with Crippen LogP contribution in [0.1, 0.15) is 12.5 Å². The number of amides is 2. The highest BCUT2D eigenvalue weighted by atomic mass is 79.9. The molecule has 0 aliphatic heterocycles. The lowest BCUT2D eigenvalue weighted by Gasteiger charge is -2.31. The van der Waals surface area contributed by atoms with E-state index < -0.39 is 28.5 Å². The van der Waals surface area contributed by atoms with Crippen molar-refractivity contribution in [3.05, 3.63) is 63.6 Å². The van der Waals surface area contributed by atoms with E-state index in [2.05, 4.69) is 21.2 Å². The summed E-state index contributed by atoms with van der Waals surface area (Å²) < 4.78 is 26.5. The van der Waals surface area contributed by atoms with Gasteiger partial charge in [0.05, 0.1) is 11.9 Å². The molecule has 0 aliphatic rings. The fourth-order valence-corrected chi connectivity index (χ4v) is 4.18. The van der Waals surface area contributed by atoms with Crippen LogP contribution in [0, 0.1) is 0 Å². The van der Waals surface area contributed by atoms with Gasteiger partial charge in [-0.3, -0.25) is 13.9 Å². The summed E-state index contributed by atoms with van der Waals surface area (Å²) in [5.41, 5.74) is 1.11. The van der Waals surface area contributed by atoms with E-state index in [1.165, 1.54) is 11.9 Å². The number of hydrogen-bond acceptors (Lipinski definition) is 4. The summed E-state index contributed by atoms with van der Waals surface area (Å²) in [5.74, 6) is -0.864. The third-order valence-corrected chi connectivity index (χ3v) is 6.34. The average molecular weight is 517 g/mol. The van der Waals surface area contributed by atoms with Crippen molar-refractivity contribution in [1.29, 1.82) is 0 Å². The SMILES string of the molecule is CNC(=O)[C@H](C)N(Cc1ccc(Cl)cc1)C(=O)CN(c1cccc(Br)c1)S(C)(=O)=O. The van der Waals surface area contributed by atoms with Crippen molar-refractivity contribution < 1.29 is 18.0 Å². The quantitative estimate of drug-likeness (QED) is 0.584. The van der Waals surface area contributed by atoms with E-state index in [9.17, 15) is 18.0 Å². The van der Waals surface area contributed by atoms with Gasteiger partial charge >= 0.3 is 0 Å². The average Bonchev–Trinajstić information content (AvgIpc) is 2.69. The van der Waals surface area contributed by atoms with Crippen molar-refractivity contribution in [2.24, 2.45) is 0 Å². The molecule has 1 N–H and O–H groups in total. The van der Waals surface area contributed by atoms with Gasteiger partial charge in [0.25, 0.3) is 0 Å². The van der Waals surface area contributed by atoms with E-state index >= 15 is 0 Å². The maximum Gasteiger partial charge on any atom is 0.244 e. The Morgan fingerprint density at radius 3 is 2.33 bits per heavy atom. The molecule has 2 rings (SSSR count). The molecule has 2 aromatic rings. The third kappa shape index (κ3) is 6.45. The normalized spacial score (nSPS) is 12.2. The van der Waals surface area contributed by atoms with E-state index in [4.69, 9.17) is 11.6 Å². The molecule has 0 bridgehead atoms. The Hall–Kier alpha value is -2.10. The minimum Gasteiger partial charge on any atom is -0.357 e. The van der Waals surface area contributed by atoms with Gasteiger partial charge in [-0.1, -0.05) is 45.7 Å². The number of likely N-dealkylation sites (N-methyl/N-ethyl adjacent to an activating group) is 1. The van der Waals surface area contributed by atoms with Crippen LogP contribution in [0.5, 0.6) is 0 Å². The summed E-state index contributed by atoms with van der Waals surface area (Å²) in [6, 6.07) is 12.7. The molecule has 0 aliphatic carbocycles. The van der Waals surface area contributed by atoms with Crippen LogP contribution < -0.4 is 9.62 Å². The standard InChI is InChI=1S/C20H23BrClN3O4S/c1-14(20(27)23-2)24(12-15-7-9-17(22)10-8-15)19(26)13-25(30(3,28)29)18-6-4-5-16(21)11-18/h4-11,14H,12-13H2,1-3H3,(H,23,27)/t14-/m0/s1. The second-order valence-corrected chi connectivity index (χ2v) is 9.95. The Morgan fingerprint density at radius 1 is 1.17 bits per heavy atom. The highest BCUT2D eigenvalue weighted by Crippen LogP contribution is 2.23. The summed E-state index contributed by atoms with van der Waals surface area (Å²) in [7, 11) is -2.27. The molecule has 0 unspecified atom stereocenters. The Bertz CT molecular complexity index is 1010. The van der Waals surface area contributed by atoms with Gasteiger partial charge in [-0.15, -0.1) is 0 Å². The molecule has 162 valence electrons. The summed E-state index contributed by atoms with van der Waals surface area (Å²) in [4.78, 5) is 26.8. The van der Waals surface area contributed by atoms with Crippen molar-refractivity contribution in [3.8, 4) is 0 Å². The largest absolute Gasteiger partial charge is 0.357 e. The topological polar surface area (TPSA) is 86.8 Å². The number of carbonyl (C=O) groups is 2. The first-order valence-electron chi connectivity index (χ1n) is 9.01. The number of halogens is 2. The summed E-state index contributed by atoms with van der Waals surface area (Å²) in [6.45, 7) is 1.28. The number of sulfonamides is 1. The number of benzene rings is 2. The fraction of sp³-hybridized carbons (Fsp3) is 0.300. The van der Waals surface area contributed by atoms with E-state index in [0.717, 1.165) is 16.1 Å². The lowest BCUT2D eigenvalue weighted by Crippen LogP contribution is -2.50. The first-order valence-corrected chi connectivity index (χ1v) is 12.0. The van der Waals surface area contributed by atoms with Crippen LogP contribution in [0.15, 0.2) is 53.0 Å². The van der Waals surface area contributed by atoms with Crippen LogP contribution >= 0.6 is 27.5 Å². The molecule has 2 aromatic carbocycles. The van der Waals surface area contributed by atoms with Crippen molar-refractivity contribution in [2.45, 2.75) is 19.5 Å². The van der Waals surface area contributed by atoms with Gasteiger partial charge in [0.1, 0.15) is 12.6 Å².